The normalized spacial score (nSPS) is 13.2. The summed E-state index contributed by atoms with van der Waals surface area (Å²) in [6.45, 7) is 0.125. The van der Waals surface area contributed by atoms with Crippen molar-refractivity contribution >= 4 is 23.2 Å². The maximum atomic E-state index is 11.8. The number of aliphatic hydroxyl groups is 1. The van der Waals surface area contributed by atoms with Gasteiger partial charge in [-0.1, -0.05) is 11.8 Å². The maximum absolute atomic E-state index is 11.8. The lowest BCUT2D eigenvalue weighted by Crippen LogP contribution is -2.31. The summed E-state index contributed by atoms with van der Waals surface area (Å²) in [6, 6.07) is 2.02. The van der Waals surface area contributed by atoms with E-state index in [4.69, 9.17) is 5.11 Å². The Morgan fingerprint density at radius 1 is 1.45 bits per heavy atom. The van der Waals surface area contributed by atoms with E-state index in [2.05, 4.69) is 22.5 Å². The molecular weight excluding hydrogens is 276 g/mol. The smallest absolute Gasteiger partial charge is 0.252 e. The molecule has 20 heavy (non-hydrogen) atoms. The van der Waals surface area contributed by atoms with Crippen LogP contribution in [-0.2, 0) is 4.79 Å². The fourth-order valence-electron chi connectivity index (χ4n) is 1.57. The molecule has 3 N–H and O–H groups in total. The summed E-state index contributed by atoms with van der Waals surface area (Å²) in [5.74, 6) is 5.05. The van der Waals surface area contributed by atoms with Gasteiger partial charge in [-0.25, -0.2) is 0 Å². The SMILES string of the molecule is O=C(CCNC(=O)c1csc(C#CCO)c1)NC1CC1. The number of amides is 2. The molecule has 0 spiro atoms. The average Bonchev–Trinajstić information content (AvgIpc) is 3.10. The van der Waals surface area contributed by atoms with Crippen molar-refractivity contribution < 1.29 is 14.7 Å². The minimum Gasteiger partial charge on any atom is -0.384 e. The topological polar surface area (TPSA) is 78.4 Å². The van der Waals surface area contributed by atoms with Crippen LogP contribution in [-0.4, -0.2) is 36.1 Å². The summed E-state index contributed by atoms with van der Waals surface area (Å²) in [5, 5.41) is 15.9. The number of aliphatic hydroxyl groups excluding tert-OH is 1. The summed E-state index contributed by atoms with van der Waals surface area (Å²) in [6.07, 6.45) is 2.42. The second-order valence-corrected chi connectivity index (χ2v) is 5.42. The Balaban J connectivity index is 1.73. The number of rotatable bonds is 5. The van der Waals surface area contributed by atoms with Gasteiger partial charge in [0.05, 0.1) is 10.4 Å². The van der Waals surface area contributed by atoms with Gasteiger partial charge in [0.1, 0.15) is 6.61 Å². The molecule has 1 saturated carbocycles. The van der Waals surface area contributed by atoms with E-state index in [0.29, 0.717) is 24.6 Å². The molecule has 1 aliphatic carbocycles. The van der Waals surface area contributed by atoms with E-state index in [9.17, 15) is 9.59 Å². The highest BCUT2D eigenvalue weighted by Crippen LogP contribution is 2.18. The Kier molecular flexibility index (Phi) is 5.16. The van der Waals surface area contributed by atoms with E-state index in [1.54, 1.807) is 11.4 Å². The van der Waals surface area contributed by atoms with Crippen molar-refractivity contribution in [1.29, 1.82) is 0 Å². The molecule has 0 saturated heterocycles. The van der Waals surface area contributed by atoms with Gasteiger partial charge in [0, 0.05) is 24.4 Å². The fraction of sp³-hybridized carbons (Fsp3) is 0.429. The van der Waals surface area contributed by atoms with E-state index in [-0.39, 0.29) is 18.4 Å². The third-order valence-corrected chi connectivity index (χ3v) is 3.58. The van der Waals surface area contributed by atoms with Crippen LogP contribution in [0.3, 0.4) is 0 Å². The lowest BCUT2D eigenvalue weighted by molar-refractivity contribution is -0.121. The Hall–Kier alpha value is -1.84. The molecule has 1 aliphatic rings. The summed E-state index contributed by atoms with van der Waals surface area (Å²) in [7, 11) is 0. The Morgan fingerprint density at radius 3 is 2.95 bits per heavy atom. The van der Waals surface area contributed by atoms with E-state index in [1.165, 1.54) is 11.3 Å². The highest BCUT2D eigenvalue weighted by Gasteiger charge is 2.22. The zero-order chi connectivity index (χ0) is 14.4. The molecule has 0 atom stereocenters. The largest absolute Gasteiger partial charge is 0.384 e. The number of hydrogen-bond donors (Lipinski definition) is 3. The molecule has 0 unspecified atom stereocenters. The minimum atomic E-state index is -0.211. The monoisotopic (exact) mass is 292 g/mol. The molecule has 2 amide bonds. The molecule has 0 aliphatic heterocycles. The van der Waals surface area contributed by atoms with Gasteiger partial charge in [-0.15, -0.1) is 11.3 Å². The highest BCUT2D eigenvalue weighted by atomic mass is 32.1. The van der Waals surface area contributed by atoms with Gasteiger partial charge in [0.15, 0.2) is 0 Å². The van der Waals surface area contributed by atoms with Gasteiger partial charge < -0.3 is 15.7 Å². The third kappa shape index (κ3) is 4.68. The molecule has 1 aromatic rings. The summed E-state index contributed by atoms with van der Waals surface area (Å²) < 4.78 is 0. The molecule has 106 valence electrons. The van der Waals surface area contributed by atoms with E-state index >= 15 is 0 Å². The first-order chi connectivity index (χ1) is 9.69. The Morgan fingerprint density at radius 2 is 2.25 bits per heavy atom. The van der Waals surface area contributed by atoms with Gasteiger partial charge in [-0.2, -0.15) is 0 Å². The van der Waals surface area contributed by atoms with Crippen LogP contribution in [0.1, 0.15) is 34.5 Å². The molecule has 1 heterocycles. The summed E-state index contributed by atoms with van der Waals surface area (Å²) >= 11 is 1.35. The van der Waals surface area contributed by atoms with Crippen LogP contribution >= 0.6 is 11.3 Å². The van der Waals surface area contributed by atoms with E-state index in [0.717, 1.165) is 17.7 Å². The molecule has 0 aromatic carbocycles. The van der Waals surface area contributed by atoms with E-state index < -0.39 is 0 Å². The van der Waals surface area contributed by atoms with Crippen LogP contribution in [0.25, 0.3) is 0 Å². The molecule has 2 rings (SSSR count). The molecule has 0 bridgehead atoms. The summed E-state index contributed by atoms with van der Waals surface area (Å²) in [5.41, 5.74) is 0.528. The standard InChI is InChI=1S/C14H16N2O3S/c17-7-1-2-12-8-10(9-20-12)14(19)15-6-5-13(18)16-11-3-4-11/h8-9,11,17H,3-7H2,(H,15,19)(H,16,18). The van der Waals surface area contributed by atoms with Gasteiger partial charge in [-0.05, 0) is 18.9 Å². The van der Waals surface area contributed by atoms with Gasteiger partial charge in [-0.3, -0.25) is 9.59 Å². The molecule has 5 nitrogen and oxygen atoms in total. The highest BCUT2D eigenvalue weighted by molar-refractivity contribution is 7.10. The first-order valence-corrected chi connectivity index (χ1v) is 7.33. The maximum Gasteiger partial charge on any atom is 0.252 e. The van der Waals surface area contributed by atoms with Crippen molar-refractivity contribution in [3.05, 3.63) is 21.9 Å². The lowest BCUT2D eigenvalue weighted by atomic mass is 10.3. The molecule has 0 radical (unpaired) electrons. The molecule has 1 fully saturated rings. The predicted octanol–water partition coefficient (Wildman–Crippen LogP) is 0.490. The molecule has 6 heteroatoms. The second-order valence-electron chi connectivity index (χ2n) is 4.51. The summed E-state index contributed by atoms with van der Waals surface area (Å²) in [4.78, 5) is 24.0. The zero-order valence-corrected chi connectivity index (χ0v) is 11.8. The Labute approximate surface area is 121 Å². The van der Waals surface area contributed by atoms with Crippen molar-refractivity contribution in [3.8, 4) is 11.8 Å². The van der Waals surface area contributed by atoms with Crippen molar-refractivity contribution in [1.82, 2.24) is 10.6 Å². The number of hydrogen-bond acceptors (Lipinski definition) is 4. The van der Waals surface area contributed by atoms with Crippen molar-refractivity contribution in [2.24, 2.45) is 0 Å². The van der Waals surface area contributed by atoms with Gasteiger partial charge in [0.2, 0.25) is 5.91 Å². The lowest BCUT2D eigenvalue weighted by Gasteiger charge is -2.04. The zero-order valence-electron chi connectivity index (χ0n) is 10.9. The predicted molar refractivity (Wildman–Crippen MR) is 76.4 cm³/mol. The first-order valence-electron chi connectivity index (χ1n) is 6.45. The van der Waals surface area contributed by atoms with E-state index in [1.807, 2.05) is 0 Å². The van der Waals surface area contributed by atoms with Crippen molar-refractivity contribution in [3.63, 3.8) is 0 Å². The first kappa shape index (κ1) is 14.6. The van der Waals surface area contributed by atoms with Gasteiger partial charge >= 0.3 is 0 Å². The van der Waals surface area contributed by atoms with Crippen LogP contribution < -0.4 is 10.6 Å². The Bertz CT molecular complexity index is 552. The van der Waals surface area contributed by atoms with Gasteiger partial charge in [0.25, 0.3) is 5.91 Å². The van der Waals surface area contributed by atoms with Crippen LogP contribution in [0.5, 0.6) is 0 Å². The van der Waals surface area contributed by atoms with Crippen LogP contribution in [0.4, 0.5) is 0 Å². The van der Waals surface area contributed by atoms with Crippen molar-refractivity contribution in [2.45, 2.75) is 25.3 Å². The van der Waals surface area contributed by atoms with Crippen molar-refractivity contribution in [2.75, 3.05) is 13.2 Å². The number of nitrogens with one attached hydrogen (secondary N) is 2. The second kappa shape index (κ2) is 7.08. The quantitative estimate of drug-likeness (QED) is 0.691. The third-order valence-electron chi connectivity index (χ3n) is 2.73. The minimum absolute atomic E-state index is 0.0207. The number of carbonyl (C=O) groups is 2. The molecular formula is C14H16N2O3S. The fourth-order valence-corrected chi connectivity index (χ4v) is 2.32. The van der Waals surface area contributed by atoms with Crippen LogP contribution in [0, 0.1) is 11.8 Å². The van der Waals surface area contributed by atoms with Crippen LogP contribution in [0.2, 0.25) is 0 Å². The number of thiophene rings is 1. The molecule has 1 aromatic heterocycles. The number of carbonyl (C=O) groups excluding carboxylic acids is 2. The van der Waals surface area contributed by atoms with Crippen LogP contribution in [0.15, 0.2) is 11.4 Å². The average molecular weight is 292 g/mol.